The highest BCUT2D eigenvalue weighted by Gasteiger charge is 2.46. The highest BCUT2D eigenvalue weighted by molar-refractivity contribution is 6.04. The summed E-state index contributed by atoms with van der Waals surface area (Å²) in [6.45, 7) is 0. The normalized spacial score (nSPS) is 17.6. The van der Waals surface area contributed by atoms with E-state index in [4.69, 9.17) is 15.3 Å². The number of hydrogen-bond acceptors (Lipinski definition) is 4. The predicted octanol–water partition coefficient (Wildman–Crippen LogP) is 2.21. The molecule has 1 atom stereocenters. The molecular formula is C19H15NO6. The van der Waals surface area contributed by atoms with E-state index in [-0.39, 0.29) is 23.3 Å². The first-order valence-electron chi connectivity index (χ1n) is 7.78. The highest BCUT2D eigenvalue weighted by atomic mass is 16.4. The summed E-state index contributed by atoms with van der Waals surface area (Å²) < 4.78 is 0. The number of fused-ring (bicyclic) bond motifs is 2. The summed E-state index contributed by atoms with van der Waals surface area (Å²) in [5.74, 6) is -4.85. The Labute approximate surface area is 147 Å². The van der Waals surface area contributed by atoms with E-state index in [2.05, 4.69) is 53.8 Å². The third-order valence-corrected chi connectivity index (χ3v) is 4.31. The van der Waals surface area contributed by atoms with E-state index in [0.717, 1.165) is 0 Å². The van der Waals surface area contributed by atoms with E-state index in [0.29, 0.717) is 0 Å². The average Bonchev–Trinajstić information content (AvgIpc) is 2.61. The fraction of sp³-hybridized carbons (Fsp3) is 0.105. The zero-order valence-corrected chi connectivity index (χ0v) is 13.5. The molecular weight excluding hydrogens is 338 g/mol. The van der Waals surface area contributed by atoms with Gasteiger partial charge >= 0.3 is 17.9 Å². The molecule has 0 radical (unpaired) electrons. The lowest BCUT2D eigenvalue weighted by Gasteiger charge is -2.37. The lowest BCUT2D eigenvalue weighted by Crippen LogP contribution is -2.43. The number of carboxylic acids is 3. The minimum Gasteiger partial charge on any atom is -0.478 e. The Hall–Kier alpha value is -3.61. The third-order valence-electron chi connectivity index (χ3n) is 4.31. The van der Waals surface area contributed by atoms with E-state index in [9.17, 15) is 14.4 Å². The number of rotatable bonds is 3. The molecule has 2 heterocycles. The second-order valence-corrected chi connectivity index (χ2v) is 5.83. The van der Waals surface area contributed by atoms with Crippen LogP contribution in [0.4, 0.5) is 0 Å². The number of allylic oxidation sites excluding steroid dienone is 1. The van der Waals surface area contributed by atoms with Crippen molar-refractivity contribution in [3.63, 3.8) is 0 Å². The van der Waals surface area contributed by atoms with Crippen molar-refractivity contribution >= 4 is 28.7 Å². The molecule has 2 aromatic carbocycles. The van der Waals surface area contributed by atoms with Gasteiger partial charge in [0.1, 0.15) is 5.70 Å². The van der Waals surface area contributed by atoms with Gasteiger partial charge in [-0.25, -0.2) is 14.4 Å². The predicted molar refractivity (Wildman–Crippen MR) is 92.2 cm³/mol. The Kier molecular flexibility index (Phi) is 4.45. The van der Waals surface area contributed by atoms with Gasteiger partial charge in [-0.2, -0.15) is 0 Å². The van der Waals surface area contributed by atoms with Crippen LogP contribution in [0.1, 0.15) is 6.42 Å². The Balaban J connectivity index is 0.000000167. The second-order valence-electron chi connectivity index (χ2n) is 5.83. The summed E-state index contributed by atoms with van der Waals surface area (Å²) in [7, 11) is 0. The van der Waals surface area contributed by atoms with Gasteiger partial charge in [0, 0.05) is 11.6 Å². The lowest BCUT2D eigenvalue weighted by atomic mass is 9.72. The van der Waals surface area contributed by atoms with E-state index >= 15 is 0 Å². The maximum Gasteiger partial charge on any atom is 0.352 e. The molecule has 2 aromatic rings. The van der Waals surface area contributed by atoms with Gasteiger partial charge < -0.3 is 20.6 Å². The maximum absolute atomic E-state index is 10.9. The largest absolute Gasteiger partial charge is 0.478 e. The number of nitrogens with one attached hydrogen (secondary N) is 1. The standard InChI is InChI=1S/C10H8.C9H7NO6/c1-2-6-10-8-4-3-7-9(10)5-1;11-7(12)4-2-1-3(4)10-6(9(15)16)5(2)8(13)14/h1-8H;2,10H,1H2,(H,11,12)(H,13,14)(H,15,16). The fourth-order valence-electron chi connectivity index (χ4n) is 3.09. The van der Waals surface area contributed by atoms with Gasteiger partial charge in [0.2, 0.25) is 0 Å². The molecule has 3 aliphatic rings. The van der Waals surface area contributed by atoms with Crippen molar-refractivity contribution in [2.45, 2.75) is 6.42 Å². The van der Waals surface area contributed by atoms with Crippen LogP contribution in [0.3, 0.4) is 0 Å². The molecule has 132 valence electrons. The van der Waals surface area contributed by atoms with Gasteiger partial charge in [0.05, 0.1) is 11.1 Å². The SMILES string of the molecule is O=C(O)C1=C(C(=O)O)C2CC(=C2C(=O)O)N1.c1ccc2ccccc2c1. The van der Waals surface area contributed by atoms with Crippen molar-refractivity contribution in [1.82, 2.24) is 5.32 Å². The van der Waals surface area contributed by atoms with Crippen LogP contribution in [0.25, 0.3) is 10.8 Å². The molecule has 0 spiro atoms. The summed E-state index contributed by atoms with van der Waals surface area (Å²) in [5.41, 5.74) is -0.606. The second kappa shape index (κ2) is 6.72. The van der Waals surface area contributed by atoms with Gasteiger partial charge in [-0.05, 0) is 17.2 Å². The van der Waals surface area contributed by atoms with Gasteiger partial charge in [0.25, 0.3) is 0 Å². The molecule has 26 heavy (non-hydrogen) atoms. The lowest BCUT2D eigenvalue weighted by molar-refractivity contribution is -0.138. The highest BCUT2D eigenvalue weighted by Crippen LogP contribution is 2.43. The molecule has 0 aromatic heterocycles. The minimum absolute atomic E-state index is 0.0533. The Bertz CT molecular complexity index is 923. The van der Waals surface area contributed by atoms with Gasteiger partial charge in [-0.3, -0.25) is 0 Å². The summed E-state index contributed by atoms with van der Waals surface area (Å²) >= 11 is 0. The minimum atomic E-state index is -1.41. The van der Waals surface area contributed by atoms with Crippen LogP contribution in [-0.2, 0) is 14.4 Å². The number of carbonyl (C=O) groups is 3. The first-order chi connectivity index (χ1) is 12.4. The zero-order chi connectivity index (χ0) is 18.8. The van der Waals surface area contributed by atoms with Gasteiger partial charge in [0.15, 0.2) is 0 Å². The van der Waals surface area contributed by atoms with Crippen LogP contribution in [0, 0.1) is 5.92 Å². The molecule has 1 unspecified atom stereocenters. The first-order valence-corrected chi connectivity index (χ1v) is 7.78. The Morgan fingerprint density at radius 1 is 0.769 bits per heavy atom. The molecule has 0 saturated carbocycles. The Morgan fingerprint density at radius 2 is 1.23 bits per heavy atom. The average molecular weight is 353 g/mol. The summed E-state index contributed by atoms with van der Waals surface area (Å²) in [4.78, 5) is 32.4. The van der Waals surface area contributed by atoms with Crippen LogP contribution < -0.4 is 5.32 Å². The van der Waals surface area contributed by atoms with Crippen molar-refractivity contribution in [1.29, 1.82) is 0 Å². The number of benzene rings is 2. The molecule has 0 fully saturated rings. The molecule has 1 aliphatic carbocycles. The molecule has 7 nitrogen and oxygen atoms in total. The molecule has 2 bridgehead atoms. The van der Waals surface area contributed by atoms with E-state index in [1.54, 1.807) is 0 Å². The van der Waals surface area contributed by atoms with Crippen LogP contribution >= 0.6 is 0 Å². The number of carboxylic acid groups (broad SMARTS) is 3. The number of aliphatic carboxylic acids is 3. The summed E-state index contributed by atoms with van der Waals surface area (Å²) in [5, 5.41) is 31.4. The van der Waals surface area contributed by atoms with E-state index < -0.39 is 29.5 Å². The van der Waals surface area contributed by atoms with Crippen molar-refractivity contribution in [3.05, 3.63) is 71.1 Å². The van der Waals surface area contributed by atoms with Crippen LogP contribution in [0.2, 0.25) is 0 Å². The molecule has 2 aliphatic heterocycles. The van der Waals surface area contributed by atoms with Crippen molar-refractivity contribution in [2.75, 3.05) is 0 Å². The molecule has 4 N–H and O–H groups in total. The summed E-state index contributed by atoms with van der Waals surface area (Å²) in [6, 6.07) is 16.7. The quantitative estimate of drug-likeness (QED) is 0.667. The molecule has 0 saturated heterocycles. The topological polar surface area (TPSA) is 124 Å². The van der Waals surface area contributed by atoms with Crippen LogP contribution in [0.15, 0.2) is 71.1 Å². The van der Waals surface area contributed by atoms with E-state index in [1.807, 2.05) is 0 Å². The molecule has 5 rings (SSSR count). The summed E-state index contributed by atoms with van der Waals surface area (Å²) in [6.07, 6.45) is 0.236. The monoisotopic (exact) mass is 353 g/mol. The first kappa shape index (κ1) is 17.2. The zero-order valence-electron chi connectivity index (χ0n) is 13.5. The fourth-order valence-corrected chi connectivity index (χ4v) is 3.09. The third kappa shape index (κ3) is 3.02. The van der Waals surface area contributed by atoms with Gasteiger partial charge in [-0.15, -0.1) is 0 Å². The smallest absolute Gasteiger partial charge is 0.352 e. The molecule has 0 amide bonds. The van der Waals surface area contributed by atoms with Crippen molar-refractivity contribution in [2.24, 2.45) is 5.92 Å². The molecule has 7 heteroatoms. The van der Waals surface area contributed by atoms with Crippen LogP contribution in [0.5, 0.6) is 0 Å². The maximum atomic E-state index is 10.9. The van der Waals surface area contributed by atoms with Gasteiger partial charge in [-0.1, -0.05) is 48.5 Å². The van der Waals surface area contributed by atoms with Crippen molar-refractivity contribution in [3.8, 4) is 0 Å². The Morgan fingerprint density at radius 3 is 1.62 bits per heavy atom. The van der Waals surface area contributed by atoms with Crippen LogP contribution in [-0.4, -0.2) is 33.2 Å². The van der Waals surface area contributed by atoms with Crippen molar-refractivity contribution < 1.29 is 29.7 Å². The number of hydrogen-bond donors (Lipinski definition) is 4. The number of dihydropyridines is 1. The van der Waals surface area contributed by atoms with E-state index in [1.165, 1.54) is 10.8 Å².